The van der Waals surface area contributed by atoms with Crippen LogP contribution in [0.25, 0.3) is 11.4 Å². The zero-order chi connectivity index (χ0) is 22.1. The molecule has 1 saturated carbocycles. The predicted molar refractivity (Wildman–Crippen MR) is 120 cm³/mol. The number of benzene rings is 2. The van der Waals surface area contributed by atoms with Crippen molar-refractivity contribution in [2.75, 3.05) is 12.3 Å². The molecule has 2 amide bonds. The van der Waals surface area contributed by atoms with Crippen LogP contribution in [0, 0.1) is 5.82 Å². The predicted octanol–water partition coefficient (Wildman–Crippen LogP) is 4.98. The van der Waals surface area contributed by atoms with E-state index in [4.69, 9.17) is 0 Å². The Morgan fingerprint density at radius 3 is 2.16 bits per heavy atom. The minimum Gasteiger partial charge on any atom is -0.299 e. The summed E-state index contributed by atoms with van der Waals surface area (Å²) in [5, 5.41) is 9.41. The highest BCUT2D eigenvalue weighted by Gasteiger charge is 2.35. The molecule has 1 aliphatic carbocycles. The Balaban J connectivity index is 1.37. The summed E-state index contributed by atoms with van der Waals surface area (Å²) < 4.78 is 16.6. The Morgan fingerprint density at radius 1 is 0.875 bits per heavy atom. The van der Waals surface area contributed by atoms with Crippen molar-refractivity contribution >= 4 is 23.6 Å². The second-order valence-corrected chi connectivity index (χ2v) is 9.17. The lowest BCUT2D eigenvalue weighted by Crippen LogP contribution is -2.31. The first-order valence-corrected chi connectivity index (χ1v) is 11.9. The number of halogens is 1. The summed E-state index contributed by atoms with van der Waals surface area (Å²) in [6.45, 7) is 0.281. The first-order chi connectivity index (χ1) is 15.6. The van der Waals surface area contributed by atoms with E-state index in [-0.39, 0.29) is 30.2 Å². The van der Waals surface area contributed by atoms with E-state index in [1.165, 1.54) is 29.1 Å². The molecule has 0 N–H and O–H groups in total. The molecule has 2 aromatic carbocycles. The van der Waals surface area contributed by atoms with Gasteiger partial charge in [-0.2, -0.15) is 0 Å². The number of imide groups is 1. The number of hydrogen-bond donors (Lipinski definition) is 0. The fourth-order valence-corrected chi connectivity index (χ4v) is 5.47. The maximum Gasteiger partial charge on any atom is 0.261 e. The summed E-state index contributed by atoms with van der Waals surface area (Å²) in [7, 11) is 0. The Bertz CT molecular complexity index is 1140. The Morgan fingerprint density at radius 2 is 1.50 bits per heavy atom. The van der Waals surface area contributed by atoms with Crippen LogP contribution >= 0.6 is 11.8 Å². The van der Waals surface area contributed by atoms with E-state index in [0.717, 1.165) is 25.7 Å². The Hall–Kier alpha value is -3.00. The third-order valence-electron chi connectivity index (χ3n) is 6.14. The van der Waals surface area contributed by atoms with Crippen LogP contribution < -0.4 is 0 Å². The zero-order valence-corrected chi connectivity index (χ0v) is 18.4. The highest BCUT2D eigenvalue weighted by molar-refractivity contribution is 7.99. The molecule has 32 heavy (non-hydrogen) atoms. The number of nitrogens with zero attached hydrogens (tertiary/aromatic N) is 4. The van der Waals surface area contributed by atoms with E-state index in [9.17, 15) is 14.0 Å². The van der Waals surface area contributed by atoms with Gasteiger partial charge in [0, 0.05) is 18.3 Å². The molecule has 2 aliphatic rings. The van der Waals surface area contributed by atoms with E-state index in [1.54, 1.807) is 42.5 Å². The van der Waals surface area contributed by atoms with Gasteiger partial charge in [-0.15, -0.1) is 10.2 Å². The normalized spacial score (nSPS) is 16.6. The van der Waals surface area contributed by atoms with Gasteiger partial charge < -0.3 is 0 Å². The fourth-order valence-electron chi connectivity index (χ4n) is 4.54. The van der Waals surface area contributed by atoms with E-state index in [1.807, 2.05) is 0 Å². The van der Waals surface area contributed by atoms with Crippen molar-refractivity contribution < 1.29 is 14.0 Å². The number of amides is 2. The van der Waals surface area contributed by atoms with Crippen molar-refractivity contribution in [2.45, 2.75) is 43.3 Å². The van der Waals surface area contributed by atoms with Gasteiger partial charge in [-0.05, 0) is 37.1 Å². The van der Waals surface area contributed by atoms with Gasteiger partial charge in [-0.3, -0.25) is 19.1 Å². The summed E-state index contributed by atoms with van der Waals surface area (Å²) in [6.07, 6.45) is 5.46. The zero-order valence-electron chi connectivity index (χ0n) is 17.5. The van der Waals surface area contributed by atoms with Crippen molar-refractivity contribution in [2.24, 2.45) is 0 Å². The van der Waals surface area contributed by atoms with E-state index < -0.39 is 0 Å². The molecule has 0 unspecified atom stereocenters. The lowest BCUT2D eigenvalue weighted by molar-refractivity contribution is 0.0664. The van der Waals surface area contributed by atoms with Crippen LogP contribution in [-0.4, -0.2) is 43.8 Å². The van der Waals surface area contributed by atoms with Gasteiger partial charge in [0.1, 0.15) is 5.82 Å². The molecule has 0 bridgehead atoms. The third kappa shape index (κ3) is 3.72. The lowest BCUT2D eigenvalue weighted by atomic mass is 9.95. The van der Waals surface area contributed by atoms with Crippen molar-refractivity contribution in [3.8, 4) is 11.4 Å². The Kier molecular flexibility index (Phi) is 5.78. The van der Waals surface area contributed by atoms with Crippen LogP contribution in [0.15, 0.2) is 53.7 Å². The SMILES string of the molecule is O=C1c2ccccc2C(=O)N1CCSc1nnc(-c2ccccc2F)n1C1CCCCC1. The van der Waals surface area contributed by atoms with Gasteiger partial charge in [-0.25, -0.2) is 4.39 Å². The molecular weight excluding hydrogens is 427 g/mol. The van der Waals surface area contributed by atoms with Crippen molar-refractivity contribution in [1.82, 2.24) is 19.7 Å². The maximum atomic E-state index is 14.5. The van der Waals surface area contributed by atoms with E-state index in [0.29, 0.717) is 33.4 Å². The van der Waals surface area contributed by atoms with Gasteiger partial charge in [0.25, 0.3) is 11.8 Å². The number of fused-ring (bicyclic) bond motifs is 1. The number of carbonyl (C=O) groups excluding carboxylic acids is 2. The average molecular weight is 451 g/mol. The summed E-state index contributed by atoms with van der Waals surface area (Å²) in [4.78, 5) is 26.5. The van der Waals surface area contributed by atoms with E-state index >= 15 is 0 Å². The first-order valence-electron chi connectivity index (χ1n) is 10.9. The molecule has 0 atom stereocenters. The van der Waals surface area contributed by atoms with E-state index in [2.05, 4.69) is 14.8 Å². The maximum absolute atomic E-state index is 14.5. The molecule has 5 rings (SSSR count). The topological polar surface area (TPSA) is 68.1 Å². The largest absolute Gasteiger partial charge is 0.299 e. The van der Waals surface area contributed by atoms with Crippen molar-refractivity contribution in [3.05, 3.63) is 65.5 Å². The number of carbonyl (C=O) groups is 2. The minimum absolute atomic E-state index is 0.218. The molecule has 1 aliphatic heterocycles. The third-order valence-corrected chi connectivity index (χ3v) is 7.07. The van der Waals surface area contributed by atoms with Crippen LogP contribution in [0.4, 0.5) is 4.39 Å². The van der Waals surface area contributed by atoms with Gasteiger partial charge >= 0.3 is 0 Å². The molecule has 2 heterocycles. The molecule has 3 aromatic rings. The quantitative estimate of drug-likeness (QED) is 0.391. The van der Waals surface area contributed by atoms with Crippen LogP contribution in [0.3, 0.4) is 0 Å². The number of rotatable bonds is 6. The van der Waals surface area contributed by atoms with Crippen LogP contribution in [0.5, 0.6) is 0 Å². The molecule has 0 spiro atoms. The average Bonchev–Trinajstić information content (AvgIpc) is 3.35. The van der Waals surface area contributed by atoms with Gasteiger partial charge in [0.2, 0.25) is 0 Å². The molecule has 164 valence electrons. The van der Waals surface area contributed by atoms with Crippen LogP contribution in [-0.2, 0) is 0 Å². The number of aromatic nitrogens is 3. The highest BCUT2D eigenvalue weighted by Crippen LogP contribution is 2.36. The fraction of sp³-hybridized carbons (Fsp3) is 0.333. The summed E-state index contributed by atoms with van der Waals surface area (Å²) >= 11 is 1.45. The van der Waals surface area contributed by atoms with Crippen molar-refractivity contribution in [3.63, 3.8) is 0 Å². The van der Waals surface area contributed by atoms with Gasteiger partial charge in [0.05, 0.1) is 16.7 Å². The smallest absolute Gasteiger partial charge is 0.261 e. The molecule has 1 fully saturated rings. The molecule has 6 nitrogen and oxygen atoms in total. The van der Waals surface area contributed by atoms with Crippen molar-refractivity contribution in [1.29, 1.82) is 0 Å². The van der Waals surface area contributed by atoms with Gasteiger partial charge in [-0.1, -0.05) is 55.3 Å². The monoisotopic (exact) mass is 450 g/mol. The van der Waals surface area contributed by atoms with Crippen LogP contribution in [0.1, 0.15) is 58.9 Å². The summed E-state index contributed by atoms with van der Waals surface area (Å²) in [5.74, 6) is 0.199. The molecule has 1 aromatic heterocycles. The standard InChI is InChI=1S/C24H23FN4O2S/c25-20-13-7-6-12-19(20)21-26-27-24(29(21)16-8-2-1-3-9-16)32-15-14-28-22(30)17-10-4-5-11-18(17)23(28)31/h4-7,10-13,16H,1-3,8-9,14-15H2. The van der Waals surface area contributed by atoms with Gasteiger partial charge in [0.15, 0.2) is 11.0 Å². The molecule has 8 heteroatoms. The second kappa shape index (κ2) is 8.86. The molecular formula is C24H23FN4O2S. The second-order valence-electron chi connectivity index (χ2n) is 8.10. The minimum atomic E-state index is -0.320. The lowest BCUT2D eigenvalue weighted by Gasteiger charge is -2.25. The first kappa shape index (κ1) is 20.9. The Labute approximate surface area is 189 Å². The summed E-state index contributed by atoms with van der Waals surface area (Å²) in [6, 6.07) is 13.7. The highest BCUT2D eigenvalue weighted by atomic mass is 32.2. The molecule has 0 saturated heterocycles. The summed E-state index contributed by atoms with van der Waals surface area (Å²) in [5.41, 5.74) is 1.35. The number of hydrogen-bond acceptors (Lipinski definition) is 5. The number of thioether (sulfide) groups is 1. The van der Waals surface area contributed by atoms with Crippen LogP contribution in [0.2, 0.25) is 0 Å². The molecule has 0 radical (unpaired) electrons.